The van der Waals surface area contributed by atoms with Gasteiger partial charge in [-0.15, -0.1) is 0 Å². The molecule has 0 aliphatic carbocycles. The predicted molar refractivity (Wildman–Crippen MR) is 90.4 cm³/mol. The van der Waals surface area contributed by atoms with E-state index in [-0.39, 0.29) is 17.8 Å². The third kappa shape index (κ3) is 3.01. The fourth-order valence-corrected chi connectivity index (χ4v) is 2.46. The number of hydrogen-bond acceptors (Lipinski definition) is 2. The highest BCUT2D eigenvalue weighted by atomic mass is 16.2. The van der Waals surface area contributed by atoms with Crippen LogP contribution >= 0.6 is 0 Å². The zero-order valence-corrected chi connectivity index (χ0v) is 13.1. The first kappa shape index (κ1) is 15.8. The van der Waals surface area contributed by atoms with Crippen molar-refractivity contribution in [1.82, 2.24) is 0 Å². The molecule has 0 heterocycles. The van der Waals surface area contributed by atoms with Crippen molar-refractivity contribution >= 4 is 17.6 Å². The van der Waals surface area contributed by atoms with E-state index in [1.807, 2.05) is 49.4 Å². The molecule has 114 valence electrons. The lowest BCUT2D eigenvalue weighted by molar-refractivity contribution is 0.100. The average molecular weight is 295 g/mol. The number of anilines is 1. The van der Waals surface area contributed by atoms with E-state index >= 15 is 0 Å². The van der Waals surface area contributed by atoms with Crippen LogP contribution in [0.3, 0.4) is 0 Å². The highest BCUT2D eigenvalue weighted by Crippen LogP contribution is 2.28. The molecule has 0 saturated carbocycles. The molecule has 2 rings (SSSR count). The third-order valence-corrected chi connectivity index (χ3v) is 3.62. The van der Waals surface area contributed by atoms with Crippen molar-refractivity contribution in [1.29, 1.82) is 5.41 Å². The van der Waals surface area contributed by atoms with Crippen molar-refractivity contribution in [2.75, 3.05) is 4.90 Å². The van der Waals surface area contributed by atoms with Gasteiger partial charge in [-0.05, 0) is 36.1 Å². The zero-order valence-electron chi connectivity index (χ0n) is 13.1. The number of nitrogens with two attached hydrogens (primary N) is 1. The molecule has 2 aromatic rings. The Bertz CT molecular complexity index is 707. The van der Waals surface area contributed by atoms with E-state index in [0.29, 0.717) is 11.3 Å². The molecule has 4 nitrogen and oxygen atoms in total. The van der Waals surface area contributed by atoms with Crippen LogP contribution in [0.2, 0.25) is 0 Å². The molecule has 0 unspecified atom stereocenters. The summed E-state index contributed by atoms with van der Waals surface area (Å²) in [6, 6.07) is 14.9. The van der Waals surface area contributed by atoms with Gasteiger partial charge in [-0.25, -0.2) is 4.90 Å². The second kappa shape index (κ2) is 6.43. The smallest absolute Gasteiger partial charge is 0.265 e. The lowest BCUT2D eigenvalue weighted by Gasteiger charge is -2.25. The molecule has 3 N–H and O–H groups in total. The minimum absolute atomic E-state index is 0.225. The molecule has 0 radical (unpaired) electrons. The molecule has 0 bridgehead atoms. The molecule has 0 aromatic heterocycles. The highest BCUT2D eigenvalue weighted by Gasteiger charge is 2.24. The molecule has 22 heavy (non-hydrogen) atoms. The van der Waals surface area contributed by atoms with Gasteiger partial charge in [-0.2, -0.15) is 0 Å². The van der Waals surface area contributed by atoms with Gasteiger partial charge in [0.2, 0.25) is 0 Å². The maximum atomic E-state index is 12.9. The molecule has 0 aliphatic heterocycles. The number of carbonyl (C=O) groups excluding carboxylic acids is 1. The number of guanidine groups is 1. The van der Waals surface area contributed by atoms with Crippen molar-refractivity contribution in [3.05, 3.63) is 65.2 Å². The van der Waals surface area contributed by atoms with Crippen LogP contribution in [0, 0.1) is 12.3 Å². The monoisotopic (exact) mass is 295 g/mol. The average Bonchev–Trinajstić information content (AvgIpc) is 2.47. The van der Waals surface area contributed by atoms with Crippen LogP contribution in [-0.4, -0.2) is 11.9 Å². The number of nitrogens with one attached hydrogen (secondary N) is 1. The first-order chi connectivity index (χ1) is 10.4. The molecule has 1 amide bonds. The summed E-state index contributed by atoms with van der Waals surface area (Å²) < 4.78 is 0. The van der Waals surface area contributed by atoms with Crippen molar-refractivity contribution in [2.45, 2.75) is 26.7 Å². The van der Waals surface area contributed by atoms with E-state index in [9.17, 15) is 4.79 Å². The van der Waals surface area contributed by atoms with Gasteiger partial charge in [0, 0.05) is 5.56 Å². The summed E-state index contributed by atoms with van der Waals surface area (Å²) in [7, 11) is 0. The first-order valence-corrected chi connectivity index (χ1v) is 7.26. The first-order valence-electron chi connectivity index (χ1n) is 7.26. The second-order valence-corrected chi connectivity index (χ2v) is 5.55. The van der Waals surface area contributed by atoms with E-state index in [4.69, 9.17) is 11.1 Å². The Morgan fingerprint density at radius 2 is 1.68 bits per heavy atom. The minimum atomic E-state index is -0.279. The van der Waals surface area contributed by atoms with Crippen molar-refractivity contribution < 1.29 is 4.79 Å². The van der Waals surface area contributed by atoms with Gasteiger partial charge in [0.25, 0.3) is 5.91 Å². The Kier molecular flexibility index (Phi) is 4.61. The summed E-state index contributed by atoms with van der Waals surface area (Å²) in [5.41, 5.74) is 8.78. The standard InChI is InChI=1S/C18H21N3O/c1-12(2)14-9-6-7-11-16(14)21(18(19)20)17(22)15-10-5-4-8-13(15)3/h4-12H,1-3H3,(H3,19,20). The van der Waals surface area contributed by atoms with E-state index in [1.165, 1.54) is 4.90 Å². The zero-order chi connectivity index (χ0) is 16.3. The van der Waals surface area contributed by atoms with Crippen LogP contribution in [0.5, 0.6) is 0 Å². The lowest BCUT2D eigenvalue weighted by Crippen LogP contribution is -2.42. The quantitative estimate of drug-likeness (QED) is 0.670. The fourth-order valence-electron chi connectivity index (χ4n) is 2.46. The number of hydrogen-bond donors (Lipinski definition) is 2. The molecule has 0 fully saturated rings. The predicted octanol–water partition coefficient (Wildman–Crippen LogP) is 3.66. The van der Waals surface area contributed by atoms with Gasteiger partial charge in [0.15, 0.2) is 5.96 Å². The van der Waals surface area contributed by atoms with E-state index in [1.54, 1.807) is 6.07 Å². The van der Waals surface area contributed by atoms with Crippen LogP contribution in [0.1, 0.15) is 41.3 Å². The summed E-state index contributed by atoms with van der Waals surface area (Å²) in [5.74, 6) is -0.331. The van der Waals surface area contributed by atoms with E-state index < -0.39 is 0 Å². The normalized spacial score (nSPS) is 10.5. The second-order valence-electron chi connectivity index (χ2n) is 5.55. The van der Waals surface area contributed by atoms with Gasteiger partial charge in [0.1, 0.15) is 0 Å². The van der Waals surface area contributed by atoms with E-state index in [0.717, 1.165) is 11.1 Å². The van der Waals surface area contributed by atoms with Crippen LogP contribution in [0.15, 0.2) is 48.5 Å². The van der Waals surface area contributed by atoms with Crippen LogP contribution in [-0.2, 0) is 0 Å². The SMILES string of the molecule is Cc1ccccc1C(=O)N(C(=N)N)c1ccccc1C(C)C. The molecular weight excluding hydrogens is 274 g/mol. The maximum absolute atomic E-state index is 12.9. The van der Waals surface area contributed by atoms with E-state index in [2.05, 4.69) is 13.8 Å². The molecular formula is C18H21N3O. The number of rotatable bonds is 3. The number of para-hydroxylation sites is 1. The van der Waals surface area contributed by atoms with Crippen molar-refractivity contribution in [2.24, 2.45) is 5.73 Å². The van der Waals surface area contributed by atoms with Gasteiger partial charge in [-0.3, -0.25) is 10.2 Å². The molecule has 0 saturated heterocycles. The van der Waals surface area contributed by atoms with Gasteiger partial charge < -0.3 is 5.73 Å². The van der Waals surface area contributed by atoms with Crippen LogP contribution in [0.4, 0.5) is 5.69 Å². The number of nitrogens with zero attached hydrogens (tertiary/aromatic N) is 1. The van der Waals surface area contributed by atoms with Gasteiger partial charge >= 0.3 is 0 Å². The summed E-state index contributed by atoms with van der Waals surface area (Å²) in [5, 5.41) is 7.86. The van der Waals surface area contributed by atoms with Crippen molar-refractivity contribution in [3.63, 3.8) is 0 Å². The summed E-state index contributed by atoms with van der Waals surface area (Å²) in [6.45, 7) is 5.98. The Hall–Kier alpha value is -2.62. The fraction of sp³-hybridized carbons (Fsp3) is 0.222. The largest absolute Gasteiger partial charge is 0.369 e. The van der Waals surface area contributed by atoms with Gasteiger partial charge in [0.05, 0.1) is 5.69 Å². The van der Waals surface area contributed by atoms with Gasteiger partial charge in [-0.1, -0.05) is 50.2 Å². The Balaban J connectivity index is 2.55. The summed E-state index contributed by atoms with van der Waals surface area (Å²) >= 11 is 0. The lowest BCUT2D eigenvalue weighted by atomic mass is 9.99. The molecule has 0 aliphatic rings. The van der Waals surface area contributed by atoms with Crippen LogP contribution in [0.25, 0.3) is 0 Å². The Morgan fingerprint density at radius 3 is 2.27 bits per heavy atom. The molecule has 2 aromatic carbocycles. The third-order valence-electron chi connectivity index (χ3n) is 3.62. The molecule has 4 heteroatoms. The Morgan fingerprint density at radius 1 is 1.09 bits per heavy atom. The molecule has 0 atom stereocenters. The number of amides is 1. The number of aryl methyl sites for hydroxylation is 1. The minimum Gasteiger partial charge on any atom is -0.369 e. The summed E-state index contributed by atoms with van der Waals surface area (Å²) in [4.78, 5) is 14.2. The molecule has 0 spiro atoms. The number of benzene rings is 2. The summed E-state index contributed by atoms with van der Waals surface area (Å²) in [6.07, 6.45) is 0. The topological polar surface area (TPSA) is 70.2 Å². The highest BCUT2D eigenvalue weighted by molar-refractivity contribution is 6.21. The van der Waals surface area contributed by atoms with Crippen molar-refractivity contribution in [3.8, 4) is 0 Å². The maximum Gasteiger partial charge on any atom is 0.265 e. The Labute approximate surface area is 131 Å². The van der Waals surface area contributed by atoms with Crippen LogP contribution < -0.4 is 10.6 Å². The number of carbonyl (C=O) groups is 1.